The van der Waals surface area contributed by atoms with Crippen LogP contribution in [0.3, 0.4) is 0 Å². The van der Waals surface area contributed by atoms with Gasteiger partial charge in [-0.05, 0) is 54.4 Å². The fourth-order valence-corrected chi connectivity index (χ4v) is 3.72. The summed E-state index contributed by atoms with van der Waals surface area (Å²) in [5.41, 5.74) is 3.40. The third kappa shape index (κ3) is 4.40. The summed E-state index contributed by atoms with van der Waals surface area (Å²) in [6.07, 6.45) is 2.75. The Kier molecular flexibility index (Phi) is 5.82. The zero-order valence-electron chi connectivity index (χ0n) is 18.4. The van der Waals surface area contributed by atoms with Crippen molar-refractivity contribution >= 4 is 23.4 Å². The predicted molar refractivity (Wildman–Crippen MR) is 124 cm³/mol. The smallest absolute Gasteiger partial charge is 0.431 e. The molecule has 2 amide bonds. The molecule has 0 saturated heterocycles. The summed E-state index contributed by atoms with van der Waals surface area (Å²) in [7, 11) is 0. The van der Waals surface area contributed by atoms with Crippen LogP contribution in [0.1, 0.15) is 34.8 Å². The maximum Gasteiger partial charge on any atom is 0.431 e. The Morgan fingerprint density at radius 2 is 1.94 bits per heavy atom. The Morgan fingerprint density at radius 1 is 1.12 bits per heavy atom. The quantitative estimate of drug-likeness (QED) is 0.594. The zero-order valence-corrected chi connectivity index (χ0v) is 18.4. The molecule has 1 N–H and O–H groups in total. The first-order valence-corrected chi connectivity index (χ1v) is 10.9. The summed E-state index contributed by atoms with van der Waals surface area (Å²) in [4.78, 5) is 28.8. The Labute approximate surface area is 196 Å². The Morgan fingerprint density at radius 3 is 2.71 bits per heavy atom. The van der Waals surface area contributed by atoms with Gasteiger partial charge in [-0.2, -0.15) is 10.1 Å². The molecule has 5 rings (SSSR count). The molecule has 1 atom stereocenters. The number of anilines is 1. The van der Waals surface area contributed by atoms with Gasteiger partial charge in [-0.3, -0.25) is 9.78 Å². The van der Waals surface area contributed by atoms with Crippen LogP contribution in [0.2, 0.25) is 0 Å². The Balaban J connectivity index is 1.32. The number of fused-ring (bicyclic) bond motifs is 1. The second-order valence-corrected chi connectivity index (χ2v) is 7.78. The van der Waals surface area contributed by atoms with Gasteiger partial charge in [0.15, 0.2) is 11.5 Å². The largest absolute Gasteiger partial charge is 0.454 e. The van der Waals surface area contributed by atoms with Gasteiger partial charge in [0.2, 0.25) is 6.79 Å². The number of ether oxygens (including phenoxy) is 3. The van der Waals surface area contributed by atoms with E-state index in [-0.39, 0.29) is 19.2 Å². The Hall–Kier alpha value is -4.40. The molecule has 0 saturated carbocycles. The van der Waals surface area contributed by atoms with Crippen LogP contribution in [0.25, 0.3) is 0 Å². The van der Waals surface area contributed by atoms with Crippen LogP contribution in [0.5, 0.6) is 11.5 Å². The van der Waals surface area contributed by atoms with E-state index in [9.17, 15) is 9.59 Å². The molecule has 0 radical (unpaired) electrons. The van der Waals surface area contributed by atoms with Crippen molar-refractivity contribution in [2.24, 2.45) is 5.10 Å². The lowest BCUT2D eigenvalue weighted by Crippen LogP contribution is -2.41. The SMILES string of the molecule is CCC1OC(=O)N(Cc2ccc(NC(=O)c3cccnc3)cc2)N=C1c1ccc2c(c1)OCO2. The van der Waals surface area contributed by atoms with Gasteiger partial charge < -0.3 is 19.5 Å². The number of aromatic nitrogens is 1. The number of benzene rings is 2. The van der Waals surface area contributed by atoms with E-state index in [0.717, 1.165) is 11.1 Å². The number of hydrazone groups is 1. The van der Waals surface area contributed by atoms with Gasteiger partial charge in [-0.25, -0.2) is 4.79 Å². The molecule has 0 spiro atoms. The minimum atomic E-state index is -0.509. The van der Waals surface area contributed by atoms with Crippen molar-refractivity contribution in [2.75, 3.05) is 12.1 Å². The van der Waals surface area contributed by atoms with E-state index in [1.165, 1.54) is 11.2 Å². The number of rotatable bonds is 6. The van der Waals surface area contributed by atoms with E-state index in [2.05, 4.69) is 15.4 Å². The van der Waals surface area contributed by atoms with E-state index in [0.29, 0.717) is 34.9 Å². The minimum absolute atomic E-state index is 0.183. The molecule has 9 heteroatoms. The highest BCUT2D eigenvalue weighted by Crippen LogP contribution is 2.34. The summed E-state index contributed by atoms with van der Waals surface area (Å²) in [6.45, 7) is 2.34. The van der Waals surface area contributed by atoms with Crippen LogP contribution in [0, 0.1) is 0 Å². The first-order valence-electron chi connectivity index (χ1n) is 10.9. The number of cyclic esters (lactones) is 1. The molecule has 0 aliphatic carbocycles. The van der Waals surface area contributed by atoms with Crippen LogP contribution >= 0.6 is 0 Å². The van der Waals surface area contributed by atoms with Gasteiger partial charge >= 0.3 is 6.09 Å². The molecule has 1 aromatic heterocycles. The molecule has 3 heterocycles. The normalized spacial score (nSPS) is 16.6. The lowest BCUT2D eigenvalue weighted by Gasteiger charge is -2.29. The van der Waals surface area contributed by atoms with Crippen molar-refractivity contribution in [3.63, 3.8) is 0 Å². The van der Waals surface area contributed by atoms with Crippen molar-refractivity contribution in [3.05, 3.63) is 83.7 Å². The highest BCUT2D eigenvalue weighted by atomic mass is 16.7. The first kappa shape index (κ1) is 21.4. The third-order valence-electron chi connectivity index (χ3n) is 5.49. The monoisotopic (exact) mass is 458 g/mol. The number of hydrogen-bond donors (Lipinski definition) is 1. The average Bonchev–Trinajstić information content (AvgIpc) is 3.34. The number of carbonyl (C=O) groups is 2. The first-order chi connectivity index (χ1) is 16.6. The molecule has 2 aromatic carbocycles. The van der Waals surface area contributed by atoms with E-state index in [1.807, 2.05) is 37.3 Å². The molecule has 0 fully saturated rings. The number of carbonyl (C=O) groups excluding carboxylic acids is 2. The molecular weight excluding hydrogens is 436 g/mol. The van der Waals surface area contributed by atoms with Crippen molar-refractivity contribution < 1.29 is 23.8 Å². The number of nitrogens with one attached hydrogen (secondary N) is 1. The predicted octanol–water partition coefficient (Wildman–Crippen LogP) is 4.20. The molecule has 172 valence electrons. The molecule has 34 heavy (non-hydrogen) atoms. The summed E-state index contributed by atoms with van der Waals surface area (Å²) in [6, 6.07) is 16.2. The topological polar surface area (TPSA) is 102 Å². The second kappa shape index (κ2) is 9.22. The highest BCUT2D eigenvalue weighted by molar-refractivity contribution is 6.06. The van der Waals surface area contributed by atoms with Crippen LogP contribution in [0.4, 0.5) is 10.5 Å². The Bertz CT molecular complexity index is 1240. The van der Waals surface area contributed by atoms with Crippen LogP contribution < -0.4 is 14.8 Å². The maximum absolute atomic E-state index is 12.6. The zero-order chi connectivity index (χ0) is 23.5. The number of pyridine rings is 1. The third-order valence-corrected chi connectivity index (χ3v) is 5.49. The van der Waals surface area contributed by atoms with Crippen molar-refractivity contribution in [2.45, 2.75) is 26.0 Å². The van der Waals surface area contributed by atoms with E-state index >= 15 is 0 Å². The van der Waals surface area contributed by atoms with Crippen molar-refractivity contribution in [1.82, 2.24) is 9.99 Å². The second-order valence-electron chi connectivity index (χ2n) is 7.78. The molecular formula is C25H22N4O5. The number of amides is 2. The van der Waals surface area contributed by atoms with Gasteiger partial charge in [-0.15, -0.1) is 0 Å². The number of hydrogen-bond acceptors (Lipinski definition) is 7. The van der Waals surface area contributed by atoms with Crippen molar-refractivity contribution in [3.8, 4) is 11.5 Å². The summed E-state index contributed by atoms with van der Waals surface area (Å²) in [5, 5.41) is 8.75. The van der Waals surface area contributed by atoms with Gasteiger partial charge in [0.1, 0.15) is 11.8 Å². The van der Waals surface area contributed by atoms with Crippen LogP contribution in [0.15, 0.2) is 72.1 Å². The lowest BCUT2D eigenvalue weighted by atomic mass is 10.0. The summed E-state index contributed by atoms with van der Waals surface area (Å²) >= 11 is 0. The van der Waals surface area contributed by atoms with Crippen LogP contribution in [-0.4, -0.2) is 40.6 Å². The van der Waals surface area contributed by atoms with E-state index in [4.69, 9.17) is 14.2 Å². The molecule has 3 aromatic rings. The standard InChI is InChI=1S/C25H22N4O5/c1-2-20-23(17-7-10-21-22(12-17)33-15-32-21)28-29(25(31)34-20)14-16-5-8-19(9-6-16)27-24(30)18-4-3-11-26-13-18/h3-13,20H,2,14-15H2,1H3,(H,27,30). The van der Waals surface area contributed by atoms with E-state index < -0.39 is 12.2 Å². The molecule has 9 nitrogen and oxygen atoms in total. The molecule has 0 bridgehead atoms. The fourth-order valence-electron chi connectivity index (χ4n) is 3.72. The maximum atomic E-state index is 12.6. The summed E-state index contributed by atoms with van der Waals surface area (Å²) < 4.78 is 16.5. The fraction of sp³-hybridized carbons (Fsp3) is 0.200. The highest BCUT2D eigenvalue weighted by Gasteiger charge is 2.31. The van der Waals surface area contributed by atoms with Gasteiger partial charge in [0, 0.05) is 23.6 Å². The number of nitrogens with zero attached hydrogens (tertiary/aromatic N) is 3. The van der Waals surface area contributed by atoms with Gasteiger partial charge in [-0.1, -0.05) is 19.1 Å². The molecule has 1 unspecified atom stereocenters. The van der Waals surface area contributed by atoms with Crippen molar-refractivity contribution in [1.29, 1.82) is 0 Å². The molecule has 2 aliphatic rings. The van der Waals surface area contributed by atoms with Gasteiger partial charge in [0.25, 0.3) is 5.91 Å². The minimum Gasteiger partial charge on any atom is -0.454 e. The van der Waals surface area contributed by atoms with Crippen LogP contribution in [-0.2, 0) is 11.3 Å². The lowest BCUT2D eigenvalue weighted by molar-refractivity contribution is 0.0712. The molecule has 2 aliphatic heterocycles. The van der Waals surface area contributed by atoms with Gasteiger partial charge in [0.05, 0.1) is 12.1 Å². The summed E-state index contributed by atoms with van der Waals surface area (Å²) in [5.74, 6) is 1.07. The average molecular weight is 458 g/mol. The van der Waals surface area contributed by atoms with E-state index in [1.54, 1.807) is 30.5 Å².